The number of carbonyl (C=O) groups is 1. The van der Waals surface area contributed by atoms with E-state index in [-0.39, 0.29) is 5.97 Å². The van der Waals surface area contributed by atoms with E-state index in [0.29, 0.717) is 12.5 Å². The Labute approximate surface area is 139 Å². The van der Waals surface area contributed by atoms with Gasteiger partial charge in [-0.1, -0.05) is 13.0 Å². The number of rotatable bonds is 4. The minimum atomic E-state index is -0.676. The summed E-state index contributed by atoms with van der Waals surface area (Å²) in [7, 11) is 0. The number of ether oxygens (including phenoxy) is 1. The second-order valence-electron chi connectivity index (χ2n) is 6.40. The predicted octanol–water partition coefficient (Wildman–Crippen LogP) is 1.93. The highest BCUT2D eigenvalue weighted by molar-refractivity contribution is 5.67. The van der Waals surface area contributed by atoms with E-state index in [4.69, 9.17) is 4.74 Å². The summed E-state index contributed by atoms with van der Waals surface area (Å²) in [6, 6.07) is 4.63. The van der Waals surface area contributed by atoms with Gasteiger partial charge in [-0.05, 0) is 44.1 Å². The molecule has 0 aliphatic carbocycles. The Kier molecular flexibility index (Phi) is 6.18. The Morgan fingerprint density at radius 2 is 2.35 bits per heavy atom. The highest BCUT2D eigenvalue weighted by Crippen LogP contribution is 2.18. The van der Waals surface area contributed by atoms with Gasteiger partial charge in [-0.15, -0.1) is 0 Å². The van der Waals surface area contributed by atoms with Crippen LogP contribution in [0.1, 0.15) is 58.1 Å². The van der Waals surface area contributed by atoms with E-state index in [9.17, 15) is 4.79 Å². The first-order valence-corrected chi connectivity index (χ1v) is 8.48. The van der Waals surface area contributed by atoms with Crippen LogP contribution in [-0.4, -0.2) is 29.6 Å². The van der Waals surface area contributed by atoms with Gasteiger partial charge in [0.2, 0.25) is 0 Å². The van der Waals surface area contributed by atoms with Gasteiger partial charge in [0.15, 0.2) is 5.60 Å². The zero-order valence-corrected chi connectivity index (χ0v) is 14.4. The SMILES string of the molecule is CC[C@@](C)(C#CC[NH+]1CCCC[C@H]1c1cccnc1)OC(C)=O. The number of esters is 1. The van der Waals surface area contributed by atoms with Crippen LogP contribution in [0.15, 0.2) is 24.5 Å². The quantitative estimate of drug-likeness (QED) is 0.682. The lowest BCUT2D eigenvalue weighted by Crippen LogP contribution is -3.13. The number of piperidine rings is 1. The molecule has 1 aromatic heterocycles. The van der Waals surface area contributed by atoms with Crippen LogP contribution in [-0.2, 0) is 9.53 Å². The second kappa shape index (κ2) is 8.12. The van der Waals surface area contributed by atoms with Crippen LogP contribution in [0.3, 0.4) is 0 Å². The summed E-state index contributed by atoms with van der Waals surface area (Å²) in [6.45, 7) is 7.21. The van der Waals surface area contributed by atoms with E-state index >= 15 is 0 Å². The standard InChI is InChI=1S/C19H26N2O2/c1-4-19(3,23-16(2)22)11-8-14-21-13-6-5-10-18(21)17-9-7-12-20-15-17/h7,9,12,15,18H,4-6,10,13-14H2,1-3H3/p+1/t18-,19-/m0/s1. The maximum absolute atomic E-state index is 11.2. The van der Waals surface area contributed by atoms with Gasteiger partial charge in [-0.3, -0.25) is 9.78 Å². The molecule has 1 saturated heterocycles. The summed E-state index contributed by atoms with van der Waals surface area (Å²) in [6.07, 6.45) is 8.16. The van der Waals surface area contributed by atoms with Crippen LogP contribution >= 0.6 is 0 Å². The van der Waals surface area contributed by atoms with Gasteiger partial charge >= 0.3 is 5.97 Å². The molecule has 0 amide bonds. The lowest BCUT2D eigenvalue weighted by atomic mass is 9.96. The van der Waals surface area contributed by atoms with Gasteiger partial charge < -0.3 is 9.64 Å². The fourth-order valence-corrected chi connectivity index (χ4v) is 3.12. The molecule has 1 aromatic rings. The Balaban J connectivity index is 2.06. The summed E-state index contributed by atoms with van der Waals surface area (Å²) in [4.78, 5) is 17.0. The smallest absolute Gasteiger partial charge is 0.304 e. The van der Waals surface area contributed by atoms with Crippen molar-refractivity contribution in [2.75, 3.05) is 13.1 Å². The van der Waals surface area contributed by atoms with Crippen LogP contribution in [0.2, 0.25) is 0 Å². The lowest BCUT2D eigenvalue weighted by Gasteiger charge is -2.31. The Morgan fingerprint density at radius 3 is 3.00 bits per heavy atom. The number of carbonyl (C=O) groups excluding carboxylic acids is 1. The number of hydrogen-bond donors (Lipinski definition) is 1. The highest BCUT2D eigenvalue weighted by Gasteiger charge is 2.27. The molecule has 124 valence electrons. The molecule has 0 spiro atoms. The van der Waals surface area contributed by atoms with Crippen molar-refractivity contribution in [3.63, 3.8) is 0 Å². The lowest BCUT2D eigenvalue weighted by molar-refractivity contribution is -0.930. The fourth-order valence-electron chi connectivity index (χ4n) is 3.12. The maximum Gasteiger partial charge on any atom is 0.304 e. The number of pyridine rings is 1. The van der Waals surface area contributed by atoms with Crippen molar-refractivity contribution in [2.45, 2.75) is 58.1 Å². The molecule has 2 heterocycles. The molecule has 1 N–H and O–H groups in total. The van der Waals surface area contributed by atoms with Crippen molar-refractivity contribution >= 4 is 5.97 Å². The number of quaternary nitrogens is 1. The van der Waals surface area contributed by atoms with Gasteiger partial charge in [0.25, 0.3) is 0 Å². The first kappa shape index (κ1) is 17.5. The molecule has 1 aliphatic rings. The summed E-state index contributed by atoms with van der Waals surface area (Å²) in [5.41, 5.74) is 0.618. The van der Waals surface area contributed by atoms with Crippen LogP contribution in [0, 0.1) is 11.8 Å². The Hall–Kier alpha value is -1.86. The van der Waals surface area contributed by atoms with Gasteiger partial charge in [0, 0.05) is 31.3 Å². The molecule has 23 heavy (non-hydrogen) atoms. The summed E-state index contributed by atoms with van der Waals surface area (Å²) >= 11 is 0. The largest absolute Gasteiger partial charge is 0.446 e. The van der Waals surface area contributed by atoms with Gasteiger partial charge in [-0.2, -0.15) is 0 Å². The van der Waals surface area contributed by atoms with E-state index in [1.54, 1.807) is 0 Å². The third-order valence-corrected chi connectivity index (χ3v) is 4.53. The molecule has 2 rings (SSSR count). The number of aromatic nitrogens is 1. The van der Waals surface area contributed by atoms with Gasteiger partial charge in [0.1, 0.15) is 12.6 Å². The van der Waals surface area contributed by atoms with Gasteiger partial charge in [0.05, 0.1) is 6.54 Å². The molecule has 4 nitrogen and oxygen atoms in total. The molecular formula is C19H27N2O2+. The molecule has 0 saturated carbocycles. The molecule has 1 fully saturated rings. The van der Waals surface area contributed by atoms with E-state index in [1.165, 1.54) is 36.6 Å². The van der Waals surface area contributed by atoms with E-state index in [0.717, 1.165) is 13.1 Å². The van der Waals surface area contributed by atoms with Crippen LogP contribution in [0.25, 0.3) is 0 Å². The second-order valence-corrected chi connectivity index (χ2v) is 6.40. The summed E-state index contributed by atoms with van der Waals surface area (Å²) in [5.74, 6) is 6.16. The fraction of sp³-hybridized carbons (Fsp3) is 0.579. The maximum atomic E-state index is 11.2. The number of hydrogen-bond acceptors (Lipinski definition) is 3. The first-order valence-electron chi connectivity index (χ1n) is 8.48. The highest BCUT2D eigenvalue weighted by atomic mass is 16.6. The zero-order valence-electron chi connectivity index (χ0n) is 14.4. The molecule has 3 atom stereocenters. The van der Waals surface area contributed by atoms with Crippen molar-refractivity contribution in [1.82, 2.24) is 4.98 Å². The van der Waals surface area contributed by atoms with Crippen molar-refractivity contribution < 1.29 is 14.4 Å². The normalized spacial score (nSPS) is 23.3. The third-order valence-electron chi connectivity index (χ3n) is 4.53. The zero-order chi connectivity index (χ0) is 16.7. The molecule has 0 bridgehead atoms. The van der Waals surface area contributed by atoms with Crippen molar-refractivity contribution in [3.05, 3.63) is 30.1 Å². The minimum Gasteiger partial charge on any atom is -0.446 e. The molecule has 1 unspecified atom stereocenters. The first-order chi connectivity index (χ1) is 11.0. The van der Waals surface area contributed by atoms with E-state index in [1.807, 2.05) is 32.3 Å². The van der Waals surface area contributed by atoms with Crippen molar-refractivity contribution in [2.24, 2.45) is 0 Å². The predicted molar refractivity (Wildman–Crippen MR) is 89.8 cm³/mol. The molecule has 0 radical (unpaired) electrons. The summed E-state index contributed by atoms with van der Waals surface area (Å²) in [5, 5.41) is 0. The van der Waals surface area contributed by atoms with Crippen molar-refractivity contribution in [1.29, 1.82) is 0 Å². The molecular weight excluding hydrogens is 288 g/mol. The third kappa shape index (κ3) is 5.07. The van der Waals surface area contributed by atoms with E-state index < -0.39 is 5.60 Å². The Morgan fingerprint density at radius 1 is 1.52 bits per heavy atom. The van der Waals surface area contributed by atoms with E-state index in [2.05, 4.69) is 22.9 Å². The van der Waals surface area contributed by atoms with Crippen LogP contribution in [0.4, 0.5) is 0 Å². The minimum absolute atomic E-state index is 0.276. The Bertz CT molecular complexity index is 576. The number of nitrogens with zero attached hydrogens (tertiary/aromatic N) is 1. The molecule has 0 aromatic carbocycles. The van der Waals surface area contributed by atoms with Crippen LogP contribution < -0.4 is 4.90 Å². The van der Waals surface area contributed by atoms with Crippen LogP contribution in [0.5, 0.6) is 0 Å². The molecule has 4 heteroatoms. The van der Waals surface area contributed by atoms with Crippen molar-refractivity contribution in [3.8, 4) is 11.8 Å². The summed E-state index contributed by atoms with van der Waals surface area (Å²) < 4.78 is 5.36. The monoisotopic (exact) mass is 315 g/mol. The molecule has 1 aliphatic heterocycles. The topological polar surface area (TPSA) is 43.6 Å². The van der Waals surface area contributed by atoms with Gasteiger partial charge in [-0.25, -0.2) is 0 Å². The average molecular weight is 315 g/mol. The average Bonchev–Trinajstić information content (AvgIpc) is 2.55. The number of likely N-dealkylation sites (tertiary alicyclic amines) is 1. The number of nitrogens with one attached hydrogen (secondary N) is 1.